The van der Waals surface area contributed by atoms with Crippen LogP contribution in [-0.2, 0) is 14.8 Å². The number of sulfonamides is 1. The molecule has 0 radical (unpaired) electrons. The topological polar surface area (TPSA) is 75.7 Å². The van der Waals surface area contributed by atoms with Crippen LogP contribution in [0.3, 0.4) is 0 Å². The standard InChI is InChI=1S/C24H25BrN2O4S/c1-18-8-13-23(19(2)16-18)31-15-14-26-24(28)17-27(21-11-9-20(25)10-12-21)32(29,30)22-6-4-3-5-7-22/h3-13,16H,14-15,17H2,1-2H3,(H,26,28). The van der Waals surface area contributed by atoms with E-state index in [1.807, 2.05) is 32.0 Å². The van der Waals surface area contributed by atoms with Crippen molar-refractivity contribution in [1.29, 1.82) is 0 Å². The second kappa shape index (κ2) is 10.7. The Labute approximate surface area is 197 Å². The summed E-state index contributed by atoms with van der Waals surface area (Å²) in [4.78, 5) is 12.7. The maximum atomic E-state index is 13.2. The van der Waals surface area contributed by atoms with Gasteiger partial charge in [0.2, 0.25) is 5.91 Å². The Bertz CT molecular complexity index is 1170. The van der Waals surface area contributed by atoms with E-state index in [2.05, 4.69) is 21.2 Å². The van der Waals surface area contributed by atoms with Crippen molar-refractivity contribution in [2.24, 2.45) is 0 Å². The summed E-state index contributed by atoms with van der Waals surface area (Å²) in [5.74, 6) is 0.338. The Kier molecular flexibility index (Phi) is 7.93. The van der Waals surface area contributed by atoms with Gasteiger partial charge in [0.1, 0.15) is 18.9 Å². The molecule has 3 rings (SSSR count). The van der Waals surface area contributed by atoms with Gasteiger partial charge in [-0.05, 0) is 61.9 Å². The highest BCUT2D eigenvalue weighted by Crippen LogP contribution is 2.25. The molecule has 8 heteroatoms. The first-order chi connectivity index (χ1) is 15.3. The summed E-state index contributed by atoms with van der Waals surface area (Å²) in [6.07, 6.45) is 0. The zero-order chi connectivity index (χ0) is 23.1. The van der Waals surface area contributed by atoms with Crippen LogP contribution < -0.4 is 14.4 Å². The SMILES string of the molecule is Cc1ccc(OCCNC(=O)CN(c2ccc(Br)cc2)S(=O)(=O)c2ccccc2)c(C)c1. The van der Waals surface area contributed by atoms with Gasteiger partial charge < -0.3 is 10.1 Å². The van der Waals surface area contributed by atoms with E-state index in [-0.39, 0.29) is 24.6 Å². The number of halogens is 1. The molecule has 0 atom stereocenters. The lowest BCUT2D eigenvalue weighted by molar-refractivity contribution is -0.119. The average Bonchev–Trinajstić information content (AvgIpc) is 2.77. The molecular weight excluding hydrogens is 492 g/mol. The maximum absolute atomic E-state index is 13.2. The first kappa shape index (κ1) is 23.8. The molecule has 1 N–H and O–H groups in total. The second-order valence-corrected chi connectivity index (χ2v) is 10.0. The van der Waals surface area contributed by atoms with Crippen LogP contribution in [0.1, 0.15) is 11.1 Å². The monoisotopic (exact) mass is 516 g/mol. The van der Waals surface area contributed by atoms with Gasteiger partial charge in [-0.15, -0.1) is 0 Å². The molecule has 0 aliphatic carbocycles. The van der Waals surface area contributed by atoms with Crippen LogP contribution in [0.2, 0.25) is 0 Å². The number of benzene rings is 3. The van der Waals surface area contributed by atoms with Gasteiger partial charge in [0, 0.05) is 4.47 Å². The third-order valence-electron chi connectivity index (χ3n) is 4.75. The van der Waals surface area contributed by atoms with E-state index in [4.69, 9.17) is 4.74 Å². The Morgan fingerprint density at radius 3 is 2.34 bits per heavy atom. The van der Waals surface area contributed by atoms with E-state index < -0.39 is 15.9 Å². The molecule has 0 aliphatic rings. The smallest absolute Gasteiger partial charge is 0.264 e. The predicted molar refractivity (Wildman–Crippen MR) is 130 cm³/mol. The van der Waals surface area contributed by atoms with Gasteiger partial charge in [0.25, 0.3) is 10.0 Å². The van der Waals surface area contributed by atoms with E-state index in [0.717, 1.165) is 25.7 Å². The first-order valence-electron chi connectivity index (χ1n) is 10.1. The minimum Gasteiger partial charge on any atom is -0.491 e. The van der Waals surface area contributed by atoms with Crippen LogP contribution in [-0.4, -0.2) is 34.0 Å². The van der Waals surface area contributed by atoms with Crippen molar-refractivity contribution in [2.75, 3.05) is 24.0 Å². The van der Waals surface area contributed by atoms with Gasteiger partial charge >= 0.3 is 0 Å². The molecule has 0 heterocycles. The van der Waals surface area contributed by atoms with E-state index in [1.165, 1.54) is 12.1 Å². The van der Waals surface area contributed by atoms with Gasteiger partial charge in [-0.2, -0.15) is 0 Å². The Morgan fingerprint density at radius 1 is 1.00 bits per heavy atom. The van der Waals surface area contributed by atoms with E-state index >= 15 is 0 Å². The summed E-state index contributed by atoms with van der Waals surface area (Å²) in [6.45, 7) is 4.16. The summed E-state index contributed by atoms with van der Waals surface area (Å²) < 4.78 is 34.1. The summed E-state index contributed by atoms with van der Waals surface area (Å²) in [6, 6.07) is 20.7. The zero-order valence-electron chi connectivity index (χ0n) is 17.9. The van der Waals surface area contributed by atoms with Crippen molar-refractivity contribution in [2.45, 2.75) is 18.7 Å². The number of hydrogen-bond donors (Lipinski definition) is 1. The van der Waals surface area contributed by atoms with Crippen molar-refractivity contribution in [3.63, 3.8) is 0 Å². The Hall–Kier alpha value is -2.84. The lowest BCUT2D eigenvalue weighted by atomic mass is 10.1. The van der Waals surface area contributed by atoms with Crippen LogP contribution in [0.4, 0.5) is 5.69 Å². The van der Waals surface area contributed by atoms with Gasteiger partial charge in [0.05, 0.1) is 17.1 Å². The van der Waals surface area contributed by atoms with Crippen molar-refractivity contribution < 1.29 is 17.9 Å². The normalized spacial score (nSPS) is 11.1. The third kappa shape index (κ3) is 6.11. The molecule has 0 bridgehead atoms. The number of hydrogen-bond acceptors (Lipinski definition) is 4. The molecular formula is C24H25BrN2O4S. The summed E-state index contributed by atoms with van der Waals surface area (Å²) in [5, 5.41) is 2.74. The van der Waals surface area contributed by atoms with Crippen molar-refractivity contribution in [3.8, 4) is 5.75 Å². The molecule has 32 heavy (non-hydrogen) atoms. The molecule has 0 aliphatic heterocycles. The molecule has 6 nitrogen and oxygen atoms in total. The molecule has 0 saturated heterocycles. The predicted octanol–water partition coefficient (Wildman–Crippen LogP) is 4.46. The number of amides is 1. The summed E-state index contributed by atoms with van der Waals surface area (Å²) >= 11 is 3.35. The van der Waals surface area contributed by atoms with Crippen molar-refractivity contribution in [1.82, 2.24) is 5.32 Å². The van der Waals surface area contributed by atoms with Crippen molar-refractivity contribution >= 4 is 37.5 Å². The maximum Gasteiger partial charge on any atom is 0.264 e. The van der Waals surface area contributed by atoms with Crippen LogP contribution in [0.5, 0.6) is 5.75 Å². The number of nitrogens with zero attached hydrogens (tertiary/aromatic N) is 1. The Morgan fingerprint density at radius 2 is 1.69 bits per heavy atom. The fourth-order valence-electron chi connectivity index (χ4n) is 3.14. The molecule has 3 aromatic rings. The number of aryl methyl sites for hydroxylation is 2. The number of nitrogens with one attached hydrogen (secondary N) is 1. The number of ether oxygens (including phenoxy) is 1. The third-order valence-corrected chi connectivity index (χ3v) is 7.06. The van der Waals surface area contributed by atoms with Crippen molar-refractivity contribution in [3.05, 3.63) is 88.4 Å². The number of anilines is 1. The molecule has 168 valence electrons. The lowest BCUT2D eigenvalue weighted by Gasteiger charge is -2.24. The lowest BCUT2D eigenvalue weighted by Crippen LogP contribution is -2.41. The highest BCUT2D eigenvalue weighted by molar-refractivity contribution is 9.10. The zero-order valence-corrected chi connectivity index (χ0v) is 20.3. The quantitative estimate of drug-likeness (QED) is 0.426. The fourth-order valence-corrected chi connectivity index (χ4v) is 4.85. The molecule has 0 saturated carbocycles. The van der Waals surface area contributed by atoms with Crippen LogP contribution in [0.15, 0.2) is 82.2 Å². The minimum atomic E-state index is -3.92. The second-order valence-electron chi connectivity index (χ2n) is 7.27. The highest BCUT2D eigenvalue weighted by Gasteiger charge is 2.27. The van der Waals surface area contributed by atoms with E-state index in [1.54, 1.807) is 42.5 Å². The highest BCUT2D eigenvalue weighted by atomic mass is 79.9. The summed E-state index contributed by atoms with van der Waals surface area (Å²) in [5.41, 5.74) is 2.57. The Balaban J connectivity index is 1.68. The fraction of sp³-hybridized carbons (Fsp3) is 0.208. The number of carbonyl (C=O) groups is 1. The van der Waals surface area contributed by atoms with Crippen LogP contribution >= 0.6 is 15.9 Å². The first-order valence-corrected chi connectivity index (χ1v) is 12.3. The summed E-state index contributed by atoms with van der Waals surface area (Å²) in [7, 11) is -3.92. The van der Waals surface area contributed by atoms with Gasteiger partial charge in [-0.3, -0.25) is 9.10 Å². The van der Waals surface area contributed by atoms with Gasteiger partial charge in [0.15, 0.2) is 0 Å². The average molecular weight is 517 g/mol. The molecule has 1 amide bonds. The van der Waals surface area contributed by atoms with E-state index in [0.29, 0.717) is 5.69 Å². The largest absolute Gasteiger partial charge is 0.491 e. The molecule has 3 aromatic carbocycles. The molecule has 0 fully saturated rings. The van der Waals surface area contributed by atoms with E-state index in [9.17, 15) is 13.2 Å². The number of carbonyl (C=O) groups excluding carboxylic acids is 1. The molecule has 0 aromatic heterocycles. The van der Waals surface area contributed by atoms with Gasteiger partial charge in [-0.25, -0.2) is 8.42 Å². The van der Waals surface area contributed by atoms with Crippen LogP contribution in [0, 0.1) is 13.8 Å². The van der Waals surface area contributed by atoms with Gasteiger partial charge in [-0.1, -0.05) is 51.8 Å². The minimum absolute atomic E-state index is 0.119. The number of rotatable bonds is 9. The molecule has 0 spiro atoms. The molecule has 0 unspecified atom stereocenters. The van der Waals surface area contributed by atoms with Crippen LogP contribution in [0.25, 0.3) is 0 Å².